The Morgan fingerprint density at radius 1 is 1.00 bits per heavy atom. The minimum atomic E-state index is -0.0166. The maximum Gasteiger partial charge on any atom is 0.123 e. The average molecular weight is 299 g/mol. The third-order valence-corrected chi connectivity index (χ3v) is 3.72. The van der Waals surface area contributed by atoms with Crippen LogP contribution in [0.5, 0.6) is 11.5 Å². The first-order chi connectivity index (χ1) is 10.5. The van der Waals surface area contributed by atoms with Crippen molar-refractivity contribution >= 4 is 0 Å². The van der Waals surface area contributed by atoms with E-state index >= 15 is 0 Å². The van der Waals surface area contributed by atoms with Crippen molar-refractivity contribution in [2.24, 2.45) is 5.73 Å². The van der Waals surface area contributed by atoms with Gasteiger partial charge in [0, 0.05) is 12.1 Å². The molecule has 0 bridgehead atoms. The predicted molar refractivity (Wildman–Crippen MR) is 90.4 cm³/mol. The number of hydrogen-bond donors (Lipinski definition) is 1. The molecule has 0 radical (unpaired) electrons. The molecule has 0 spiro atoms. The van der Waals surface area contributed by atoms with E-state index in [1.54, 1.807) is 7.11 Å². The van der Waals surface area contributed by atoms with Crippen LogP contribution in [0.2, 0.25) is 0 Å². The molecule has 2 aromatic carbocycles. The first-order valence-corrected chi connectivity index (χ1v) is 7.54. The number of benzene rings is 2. The van der Waals surface area contributed by atoms with Crippen LogP contribution in [0.4, 0.5) is 0 Å². The first kappa shape index (κ1) is 16.4. The molecule has 0 saturated carbocycles. The SMILES string of the molecule is COc1ccc(OCc2ccccc2CN)c(C(C)(C)C)c1. The van der Waals surface area contributed by atoms with E-state index in [0.717, 1.165) is 28.2 Å². The Labute approximate surface area is 133 Å². The zero-order valence-electron chi connectivity index (χ0n) is 13.8. The van der Waals surface area contributed by atoms with Crippen LogP contribution in [0.15, 0.2) is 42.5 Å². The predicted octanol–water partition coefficient (Wildman–Crippen LogP) is 4.03. The van der Waals surface area contributed by atoms with Crippen molar-refractivity contribution in [3.8, 4) is 11.5 Å². The molecule has 22 heavy (non-hydrogen) atoms. The minimum Gasteiger partial charge on any atom is -0.497 e. The van der Waals surface area contributed by atoms with E-state index in [9.17, 15) is 0 Å². The summed E-state index contributed by atoms with van der Waals surface area (Å²) in [6.07, 6.45) is 0. The highest BCUT2D eigenvalue weighted by atomic mass is 16.5. The quantitative estimate of drug-likeness (QED) is 0.906. The van der Waals surface area contributed by atoms with Gasteiger partial charge >= 0.3 is 0 Å². The molecule has 3 nitrogen and oxygen atoms in total. The Bertz CT molecular complexity index is 630. The van der Waals surface area contributed by atoms with Gasteiger partial charge in [0.05, 0.1) is 7.11 Å². The van der Waals surface area contributed by atoms with Crippen LogP contribution in [0.25, 0.3) is 0 Å². The number of rotatable bonds is 5. The van der Waals surface area contributed by atoms with Crippen molar-refractivity contribution in [2.75, 3.05) is 7.11 Å². The van der Waals surface area contributed by atoms with E-state index < -0.39 is 0 Å². The fourth-order valence-electron chi connectivity index (χ4n) is 2.40. The Hall–Kier alpha value is -2.00. The second-order valence-electron chi connectivity index (χ2n) is 6.37. The van der Waals surface area contributed by atoms with Gasteiger partial charge in [0.25, 0.3) is 0 Å². The van der Waals surface area contributed by atoms with Crippen LogP contribution in [0, 0.1) is 0 Å². The van der Waals surface area contributed by atoms with Gasteiger partial charge in [-0.15, -0.1) is 0 Å². The van der Waals surface area contributed by atoms with Crippen molar-refractivity contribution in [1.29, 1.82) is 0 Å². The third kappa shape index (κ3) is 3.80. The molecule has 2 aromatic rings. The standard InChI is InChI=1S/C19H25NO2/c1-19(2,3)17-11-16(21-4)9-10-18(17)22-13-15-8-6-5-7-14(15)12-20/h5-11H,12-13,20H2,1-4H3. The van der Waals surface area contributed by atoms with Crippen LogP contribution >= 0.6 is 0 Å². The molecule has 0 aromatic heterocycles. The van der Waals surface area contributed by atoms with Crippen molar-refractivity contribution in [2.45, 2.75) is 39.3 Å². The Balaban J connectivity index is 2.26. The summed E-state index contributed by atoms with van der Waals surface area (Å²) >= 11 is 0. The molecule has 0 fully saturated rings. The highest BCUT2D eigenvalue weighted by molar-refractivity contribution is 5.44. The van der Waals surface area contributed by atoms with E-state index in [0.29, 0.717) is 13.2 Å². The van der Waals surface area contributed by atoms with Gasteiger partial charge in [-0.2, -0.15) is 0 Å². The molecule has 0 unspecified atom stereocenters. The lowest BCUT2D eigenvalue weighted by atomic mass is 9.86. The van der Waals surface area contributed by atoms with Crippen LogP contribution in [-0.4, -0.2) is 7.11 Å². The van der Waals surface area contributed by atoms with Crippen LogP contribution < -0.4 is 15.2 Å². The maximum absolute atomic E-state index is 6.08. The third-order valence-electron chi connectivity index (χ3n) is 3.72. The number of hydrogen-bond acceptors (Lipinski definition) is 3. The fourth-order valence-corrected chi connectivity index (χ4v) is 2.40. The lowest BCUT2D eigenvalue weighted by Crippen LogP contribution is -2.14. The van der Waals surface area contributed by atoms with Crippen LogP contribution in [-0.2, 0) is 18.6 Å². The van der Waals surface area contributed by atoms with E-state index in [1.165, 1.54) is 0 Å². The highest BCUT2D eigenvalue weighted by Crippen LogP contribution is 2.34. The molecule has 0 atom stereocenters. The summed E-state index contributed by atoms with van der Waals surface area (Å²) in [5.74, 6) is 1.74. The van der Waals surface area contributed by atoms with Crippen LogP contribution in [0.1, 0.15) is 37.5 Å². The second kappa shape index (κ2) is 6.84. The first-order valence-electron chi connectivity index (χ1n) is 7.54. The molecule has 2 rings (SSSR count). The molecule has 3 heteroatoms. The monoisotopic (exact) mass is 299 g/mol. The lowest BCUT2D eigenvalue weighted by molar-refractivity contribution is 0.295. The van der Waals surface area contributed by atoms with Gasteiger partial charge in [0.15, 0.2) is 0 Å². The second-order valence-corrected chi connectivity index (χ2v) is 6.37. The normalized spacial score (nSPS) is 11.3. The summed E-state index contributed by atoms with van der Waals surface area (Å²) < 4.78 is 11.4. The van der Waals surface area contributed by atoms with E-state index in [1.807, 2.05) is 36.4 Å². The molecule has 118 valence electrons. The highest BCUT2D eigenvalue weighted by Gasteiger charge is 2.20. The summed E-state index contributed by atoms with van der Waals surface area (Å²) in [4.78, 5) is 0. The Kier molecular flexibility index (Phi) is 5.09. The van der Waals surface area contributed by atoms with Crippen LogP contribution in [0.3, 0.4) is 0 Å². The van der Waals surface area contributed by atoms with Crippen molar-refractivity contribution in [3.63, 3.8) is 0 Å². The molecule has 0 saturated heterocycles. The maximum atomic E-state index is 6.08. The average Bonchev–Trinajstić information content (AvgIpc) is 2.52. The largest absolute Gasteiger partial charge is 0.497 e. The number of methoxy groups -OCH3 is 1. The zero-order valence-corrected chi connectivity index (χ0v) is 13.8. The molecule has 2 N–H and O–H groups in total. The number of nitrogens with two attached hydrogens (primary N) is 1. The Morgan fingerprint density at radius 2 is 1.68 bits per heavy atom. The van der Waals surface area contributed by atoms with E-state index in [2.05, 4.69) is 26.8 Å². The van der Waals surface area contributed by atoms with Crippen molar-refractivity contribution < 1.29 is 9.47 Å². The van der Waals surface area contributed by atoms with E-state index in [-0.39, 0.29) is 5.41 Å². The molecule has 0 aliphatic heterocycles. The van der Waals surface area contributed by atoms with Gasteiger partial charge in [-0.05, 0) is 34.7 Å². The molecule has 0 aliphatic rings. The van der Waals surface area contributed by atoms with E-state index in [4.69, 9.17) is 15.2 Å². The topological polar surface area (TPSA) is 44.5 Å². The summed E-state index contributed by atoms with van der Waals surface area (Å²) in [5, 5.41) is 0. The summed E-state index contributed by atoms with van der Waals surface area (Å²) in [5.41, 5.74) is 9.15. The van der Waals surface area contributed by atoms with Crippen molar-refractivity contribution in [3.05, 3.63) is 59.2 Å². The van der Waals surface area contributed by atoms with Crippen molar-refractivity contribution in [1.82, 2.24) is 0 Å². The lowest BCUT2D eigenvalue weighted by Gasteiger charge is -2.23. The summed E-state index contributed by atoms with van der Waals surface area (Å²) in [6, 6.07) is 14.1. The van der Waals surface area contributed by atoms with Gasteiger partial charge in [0.1, 0.15) is 18.1 Å². The molecular weight excluding hydrogens is 274 g/mol. The summed E-state index contributed by atoms with van der Waals surface area (Å²) in [7, 11) is 1.68. The summed E-state index contributed by atoms with van der Waals surface area (Å²) in [6.45, 7) is 7.55. The molecule has 0 aliphatic carbocycles. The van der Waals surface area contributed by atoms with Gasteiger partial charge in [-0.1, -0.05) is 45.0 Å². The zero-order chi connectivity index (χ0) is 16.2. The van der Waals surface area contributed by atoms with Gasteiger partial charge < -0.3 is 15.2 Å². The minimum absolute atomic E-state index is 0.0166. The molecule has 0 amide bonds. The van der Waals surface area contributed by atoms with Gasteiger partial charge in [0.2, 0.25) is 0 Å². The fraction of sp³-hybridized carbons (Fsp3) is 0.368. The Morgan fingerprint density at radius 3 is 2.27 bits per heavy atom. The number of ether oxygens (including phenoxy) is 2. The molecule has 0 heterocycles. The smallest absolute Gasteiger partial charge is 0.123 e. The molecular formula is C19H25NO2. The van der Waals surface area contributed by atoms with Gasteiger partial charge in [-0.25, -0.2) is 0 Å². The van der Waals surface area contributed by atoms with Gasteiger partial charge in [-0.3, -0.25) is 0 Å².